The highest BCUT2D eigenvalue weighted by Crippen LogP contribution is 2.34. The van der Waals surface area contributed by atoms with Gasteiger partial charge >= 0.3 is 6.18 Å². The lowest BCUT2D eigenvalue weighted by atomic mass is 9.79. The number of carbonyl (C=O) groups is 2. The highest BCUT2D eigenvalue weighted by atomic mass is 19.4. The van der Waals surface area contributed by atoms with Crippen molar-refractivity contribution in [2.24, 2.45) is 11.7 Å². The van der Waals surface area contributed by atoms with E-state index in [9.17, 15) is 22.8 Å². The zero-order valence-electron chi connectivity index (χ0n) is 19.5. The monoisotopic (exact) mass is 488 g/mol. The lowest BCUT2D eigenvalue weighted by molar-refractivity contribution is -0.139. The molecule has 0 fully saturated rings. The predicted molar refractivity (Wildman–Crippen MR) is 126 cm³/mol. The quantitative estimate of drug-likeness (QED) is 0.344. The van der Waals surface area contributed by atoms with E-state index >= 15 is 0 Å². The van der Waals surface area contributed by atoms with Gasteiger partial charge in [0.25, 0.3) is 0 Å². The van der Waals surface area contributed by atoms with E-state index in [-0.39, 0.29) is 18.0 Å². The number of rotatable bonds is 9. The molecule has 3 rings (SSSR count). The topological polar surface area (TPSA) is 126 Å². The molecule has 186 valence electrons. The Morgan fingerprint density at radius 1 is 1.20 bits per heavy atom. The van der Waals surface area contributed by atoms with Gasteiger partial charge in [-0.15, -0.1) is 0 Å². The molecule has 0 bridgehead atoms. The maximum Gasteiger partial charge on any atom is 0.401 e. The normalized spacial score (nSPS) is 13.9. The number of carbonyl (C=O) groups excluding carboxylic acids is 2. The molecule has 3 aromatic heterocycles. The fraction of sp³-hybridized carbons (Fsp3) is 0.333. The van der Waals surface area contributed by atoms with Gasteiger partial charge in [0, 0.05) is 53.4 Å². The molecule has 0 saturated carbocycles. The summed E-state index contributed by atoms with van der Waals surface area (Å²) in [7, 11) is 0. The van der Waals surface area contributed by atoms with Gasteiger partial charge in [-0.2, -0.15) is 13.2 Å². The van der Waals surface area contributed by atoms with Crippen molar-refractivity contribution in [3.63, 3.8) is 0 Å². The minimum absolute atomic E-state index is 0.221. The first-order valence-electron chi connectivity index (χ1n) is 10.9. The third-order valence-electron chi connectivity index (χ3n) is 5.70. The molecule has 3 heterocycles. The Labute approximate surface area is 200 Å². The Morgan fingerprint density at radius 3 is 2.57 bits per heavy atom. The molecule has 2 amide bonds. The molecule has 0 aliphatic heterocycles. The highest BCUT2D eigenvalue weighted by Gasteiger charge is 2.44. The summed E-state index contributed by atoms with van der Waals surface area (Å²) in [5.41, 5.74) is 6.65. The number of fused-ring (bicyclic) bond motifs is 1. The van der Waals surface area contributed by atoms with E-state index in [4.69, 9.17) is 5.73 Å². The van der Waals surface area contributed by atoms with Gasteiger partial charge < -0.3 is 16.0 Å². The van der Waals surface area contributed by atoms with Crippen LogP contribution in [0.5, 0.6) is 0 Å². The smallest absolute Gasteiger partial charge is 0.368 e. The molecule has 8 nitrogen and oxygen atoms in total. The molecule has 3 aromatic rings. The summed E-state index contributed by atoms with van der Waals surface area (Å²) in [5.74, 6) is -1.77. The van der Waals surface area contributed by atoms with Crippen LogP contribution in [-0.2, 0) is 21.7 Å². The molecule has 5 N–H and O–H groups in total. The molecular weight excluding hydrogens is 461 g/mol. The third-order valence-corrected chi connectivity index (χ3v) is 5.70. The van der Waals surface area contributed by atoms with Crippen LogP contribution in [0.4, 0.5) is 13.2 Å². The molecule has 0 aliphatic rings. The number of pyridine rings is 2. The minimum Gasteiger partial charge on any atom is -0.368 e. The van der Waals surface area contributed by atoms with E-state index in [1.165, 1.54) is 12.3 Å². The van der Waals surface area contributed by atoms with Crippen molar-refractivity contribution in [1.82, 2.24) is 25.6 Å². The van der Waals surface area contributed by atoms with Gasteiger partial charge in [-0.25, -0.2) is 4.98 Å². The number of halogens is 3. The predicted octanol–water partition coefficient (Wildman–Crippen LogP) is 3.31. The second-order valence-corrected chi connectivity index (χ2v) is 8.42. The summed E-state index contributed by atoms with van der Waals surface area (Å²) in [6.07, 6.45) is 4.72. The van der Waals surface area contributed by atoms with Gasteiger partial charge in [0.2, 0.25) is 11.8 Å². The molecule has 1 atom stereocenters. The number of aromatic amines is 1. The van der Waals surface area contributed by atoms with Crippen LogP contribution in [0.15, 0.2) is 49.1 Å². The van der Waals surface area contributed by atoms with Crippen molar-refractivity contribution in [1.29, 1.82) is 0 Å². The molecule has 0 aliphatic carbocycles. The Kier molecular flexibility index (Phi) is 7.59. The summed E-state index contributed by atoms with van der Waals surface area (Å²) < 4.78 is 39.1. The third kappa shape index (κ3) is 5.68. The number of nitrogens with two attached hydrogens (primary N) is 1. The molecule has 0 unspecified atom stereocenters. The highest BCUT2D eigenvalue weighted by molar-refractivity contribution is 5.94. The van der Waals surface area contributed by atoms with Crippen LogP contribution in [0.3, 0.4) is 0 Å². The van der Waals surface area contributed by atoms with Crippen molar-refractivity contribution in [2.45, 2.75) is 39.0 Å². The lowest BCUT2D eigenvalue weighted by Gasteiger charge is -2.36. The van der Waals surface area contributed by atoms with E-state index in [1.54, 1.807) is 51.5 Å². The van der Waals surface area contributed by atoms with Crippen LogP contribution >= 0.6 is 0 Å². The van der Waals surface area contributed by atoms with Crippen LogP contribution in [0, 0.1) is 5.92 Å². The van der Waals surface area contributed by atoms with Crippen LogP contribution in [0.25, 0.3) is 22.2 Å². The van der Waals surface area contributed by atoms with Crippen LogP contribution in [-0.4, -0.2) is 39.5 Å². The summed E-state index contributed by atoms with van der Waals surface area (Å²) in [6.45, 7) is 3.84. The van der Waals surface area contributed by atoms with E-state index in [0.717, 1.165) is 10.9 Å². The van der Waals surface area contributed by atoms with Crippen molar-refractivity contribution in [3.8, 4) is 11.1 Å². The number of H-pyrrole nitrogens is 1. The van der Waals surface area contributed by atoms with Crippen molar-refractivity contribution >= 4 is 22.8 Å². The maximum absolute atomic E-state index is 13.0. The number of amides is 2. The number of hydrogen-bond acceptors (Lipinski definition) is 5. The van der Waals surface area contributed by atoms with Gasteiger partial charge in [0.1, 0.15) is 11.2 Å². The van der Waals surface area contributed by atoms with E-state index in [0.29, 0.717) is 16.8 Å². The Morgan fingerprint density at radius 2 is 1.94 bits per heavy atom. The van der Waals surface area contributed by atoms with Crippen LogP contribution < -0.4 is 16.4 Å². The Bertz CT molecular complexity index is 1250. The van der Waals surface area contributed by atoms with Crippen molar-refractivity contribution in [2.75, 3.05) is 6.54 Å². The molecule has 35 heavy (non-hydrogen) atoms. The van der Waals surface area contributed by atoms with Gasteiger partial charge in [-0.3, -0.25) is 19.9 Å². The number of nitrogens with one attached hydrogen (secondary N) is 3. The molecular formula is C24H27F3N6O2. The number of aromatic nitrogens is 3. The summed E-state index contributed by atoms with van der Waals surface area (Å²) >= 11 is 0. The largest absolute Gasteiger partial charge is 0.401 e. The van der Waals surface area contributed by atoms with Gasteiger partial charge in [0.15, 0.2) is 0 Å². The van der Waals surface area contributed by atoms with Gasteiger partial charge in [-0.05, 0) is 36.6 Å². The van der Waals surface area contributed by atoms with E-state index < -0.39 is 30.1 Å². The first-order chi connectivity index (χ1) is 16.5. The second-order valence-electron chi connectivity index (χ2n) is 8.42. The summed E-state index contributed by atoms with van der Waals surface area (Å²) in [4.78, 5) is 35.9. The molecule has 11 heteroatoms. The zero-order valence-corrected chi connectivity index (χ0v) is 19.5. The first-order valence-corrected chi connectivity index (χ1v) is 10.9. The summed E-state index contributed by atoms with van der Waals surface area (Å²) in [6, 6.07) is 3.45. The number of hydrogen-bond donors (Lipinski definition) is 4. The molecule has 0 aromatic carbocycles. The minimum atomic E-state index is -4.54. The standard InChI is InChI=1S/C24H27F3N6O2/c1-4-5-20(34)30-8-15-6-18-19(12-32-21(18)31-9-15)16-7-17(11-29-10-16)24(14(2)3,22(28)35)33-13-23(25,26)27/h4-7,9-12,14,33H,8,13H2,1-3H3,(H2,28,35)(H,30,34)(H,31,32)/b5-4+/t24-/m1/s1. The van der Waals surface area contributed by atoms with Gasteiger partial charge in [0.05, 0.1) is 6.54 Å². The van der Waals surface area contributed by atoms with Crippen molar-refractivity contribution in [3.05, 3.63) is 60.2 Å². The number of nitrogens with zero attached hydrogens (tertiary/aromatic N) is 2. The Hall–Kier alpha value is -3.73. The van der Waals surface area contributed by atoms with E-state index in [1.807, 2.05) is 6.07 Å². The SMILES string of the molecule is C/C=C/C(=O)NCc1cnc2[nH]cc(-c3cncc([C@@](NCC(F)(F)F)(C(N)=O)C(C)C)c3)c2c1. The number of allylic oxidation sites excluding steroid dienone is 1. The van der Waals surface area contributed by atoms with Crippen molar-refractivity contribution < 1.29 is 22.8 Å². The zero-order chi connectivity index (χ0) is 25.8. The maximum atomic E-state index is 13.0. The molecule has 0 spiro atoms. The first kappa shape index (κ1) is 25.9. The van der Waals surface area contributed by atoms with Crippen LogP contribution in [0.2, 0.25) is 0 Å². The average Bonchev–Trinajstić information content (AvgIpc) is 3.20. The summed E-state index contributed by atoms with van der Waals surface area (Å²) in [5, 5.41) is 5.82. The average molecular weight is 489 g/mol. The fourth-order valence-corrected chi connectivity index (χ4v) is 3.98. The van der Waals surface area contributed by atoms with Crippen LogP contribution in [0.1, 0.15) is 31.9 Å². The second kappa shape index (κ2) is 10.3. The van der Waals surface area contributed by atoms with E-state index in [2.05, 4.69) is 25.6 Å². The molecule has 0 saturated heterocycles. The lowest BCUT2D eigenvalue weighted by Crippen LogP contribution is -2.58. The fourth-order valence-electron chi connectivity index (χ4n) is 3.98. The Balaban J connectivity index is 2.03. The van der Waals surface area contributed by atoms with Gasteiger partial charge in [-0.1, -0.05) is 19.9 Å². The molecule has 0 radical (unpaired) electrons. The number of primary amides is 1. The number of alkyl halides is 3.